The van der Waals surface area contributed by atoms with Crippen LogP contribution >= 0.6 is 0 Å². The normalized spacial score (nSPS) is 10.8. The van der Waals surface area contributed by atoms with Crippen molar-refractivity contribution in [3.8, 4) is 5.69 Å². The Bertz CT molecular complexity index is 647. The molecular formula is C18H25N3O2. The zero-order valence-corrected chi connectivity index (χ0v) is 14.1. The van der Waals surface area contributed by atoms with Crippen LogP contribution in [-0.2, 0) is 11.2 Å². The van der Waals surface area contributed by atoms with Crippen LogP contribution in [0.25, 0.3) is 5.69 Å². The Balaban J connectivity index is 1.98. The van der Waals surface area contributed by atoms with Gasteiger partial charge in [0, 0.05) is 25.2 Å². The van der Waals surface area contributed by atoms with E-state index in [1.54, 1.807) is 4.90 Å². The minimum Gasteiger partial charge on any atom is -0.395 e. The van der Waals surface area contributed by atoms with Gasteiger partial charge in [-0.15, -0.1) is 0 Å². The number of amides is 1. The van der Waals surface area contributed by atoms with E-state index in [4.69, 9.17) is 5.11 Å². The number of hydrogen-bond donors (Lipinski definition) is 1. The van der Waals surface area contributed by atoms with Gasteiger partial charge in [0.05, 0.1) is 18.0 Å². The van der Waals surface area contributed by atoms with Gasteiger partial charge in [-0.05, 0) is 51.0 Å². The Hall–Kier alpha value is -2.14. The monoisotopic (exact) mass is 315 g/mol. The van der Waals surface area contributed by atoms with Gasteiger partial charge in [0.25, 0.3) is 0 Å². The van der Waals surface area contributed by atoms with E-state index in [0.29, 0.717) is 25.9 Å². The number of aliphatic hydroxyl groups excluding tert-OH is 1. The number of aryl methyl sites for hydroxylation is 3. The molecule has 1 amide bonds. The highest BCUT2D eigenvalue weighted by Gasteiger charge is 2.11. The first kappa shape index (κ1) is 17.2. The fraction of sp³-hybridized carbons (Fsp3) is 0.444. The highest BCUT2D eigenvalue weighted by Crippen LogP contribution is 2.14. The second-order valence-electron chi connectivity index (χ2n) is 5.70. The molecule has 0 aliphatic carbocycles. The molecule has 0 aliphatic heterocycles. The number of aromatic nitrogens is 2. The summed E-state index contributed by atoms with van der Waals surface area (Å²) in [7, 11) is 0. The Kier molecular flexibility index (Phi) is 5.93. The highest BCUT2D eigenvalue weighted by atomic mass is 16.3. The van der Waals surface area contributed by atoms with Crippen molar-refractivity contribution in [1.29, 1.82) is 0 Å². The fourth-order valence-electron chi connectivity index (χ4n) is 2.68. The van der Waals surface area contributed by atoms with Crippen molar-refractivity contribution >= 4 is 5.91 Å². The zero-order valence-electron chi connectivity index (χ0n) is 14.1. The molecule has 23 heavy (non-hydrogen) atoms. The number of rotatable bonds is 7. The third-order valence-electron chi connectivity index (χ3n) is 3.92. The van der Waals surface area contributed by atoms with E-state index >= 15 is 0 Å². The zero-order chi connectivity index (χ0) is 16.8. The molecule has 0 saturated carbocycles. The maximum absolute atomic E-state index is 12.1. The van der Waals surface area contributed by atoms with Crippen LogP contribution in [0, 0.1) is 13.8 Å². The summed E-state index contributed by atoms with van der Waals surface area (Å²) in [4.78, 5) is 13.8. The number of nitrogens with zero attached hydrogens (tertiary/aromatic N) is 3. The maximum Gasteiger partial charge on any atom is 0.222 e. The summed E-state index contributed by atoms with van der Waals surface area (Å²) in [5.41, 5.74) is 4.26. The van der Waals surface area contributed by atoms with Gasteiger partial charge in [-0.2, -0.15) is 5.10 Å². The first-order valence-electron chi connectivity index (χ1n) is 8.06. The molecule has 0 saturated heterocycles. The predicted octanol–water partition coefficient (Wildman–Crippen LogP) is 2.26. The lowest BCUT2D eigenvalue weighted by molar-refractivity contribution is -0.131. The van der Waals surface area contributed by atoms with Crippen LogP contribution in [0.3, 0.4) is 0 Å². The van der Waals surface area contributed by atoms with E-state index in [2.05, 4.69) is 5.10 Å². The first-order chi connectivity index (χ1) is 11.0. The number of carbonyl (C=O) groups excluding carboxylic acids is 1. The lowest BCUT2D eigenvalue weighted by Crippen LogP contribution is -2.33. The van der Waals surface area contributed by atoms with Crippen molar-refractivity contribution in [1.82, 2.24) is 14.7 Å². The van der Waals surface area contributed by atoms with Crippen LogP contribution in [0.2, 0.25) is 0 Å². The molecule has 0 bridgehead atoms. The molecule has 0 atom stereocenters. The molecule has 2 aromatic rings. The molecule has 0 unspecified atom stereocenters. The minimum absolute atomic E-state index is 0.0108. The second-order valence-corrected chi connectivity index (χ2v) is 5.70. The van der Waals surface area contributed by atoms with Crippen LogP contribution in [-0.4, -0.2) is 45.4 Å². The Morgan fingerprint density at radius 3 is 2.48 bits per heavy atom. The van der Waals surface area contributed by atoms with E-state index in [1.807, 2.05) is 55.8 Å². The van der Waals surface area contributed by atoms with Crippen LogP contribution in [0.5, 0.6) is 0 Å². The second kappa shape index (κ2) is 7.92. The van der Waals surface area contributed by atoms with E-state index < -0.39 is 0 Å². The number of likely N-dealkylation sites (N-methyl/N-ethyl adjacent to an activating group) is 1. The summed E-state index contributed by atoms with van der Waals surface area (Å²) in [5.74, 6) is 0.0872. The lowest BCUT2D eigenvalue weighted by Gasteiger charge is -2.19. The first-order valence-corrected chi connectivity index (χ1v) is 8.06. The van der Waals surface area contributed by atoms with Crippen molar-refractivity contribution in [2.75, 3.05) is 19.7 Å². The fourth-order valence-corrected chi connectivity index (χ4v) is 2.68. The molecule has 1 aromatic heterocycles. The number of hydrogen-bond acceptors (Lipinski definition) is 3. The van der Waals surface area contributed by atoms with Crippen molar-refractivity contribution in [2.24, 2.45) is 0 Å². The molecule has 0 aliphatic rings. The van der Waals surface area contributed by atoms with Gasteiger partial charge < -0.3 is 10.0 Å². The van der Waals surface area contributed by atoms with Gasteiger partial charge >= 0.3 is 0 Å². The largest absolute Gasteiger partial charge is 0.395 e. The number of carbonyl (C=O) groups is 1. The summed E-state index contributed by atoms with van der Waals surface area (Å²) >= 11 is 0. The molecule has 0 fully saturated rings. The van der Waals surface area contributed by atoms with E-state index in [1.165, 1.54) is 0 Å². The molecule has 0 spiro atoms. The topological polar surface area (TPSA) is 58.4 Å². The molecule has 1 heterocycles. The molecule has 2 rings (SSSR count). The Labute approximate surface area is 137 Å². The third-order valence-corrected chi connectivity index (χ3v) is 3.92. The summed E-state index contributed by atoms with van der Waals surface area (Å²) < 4.78 is 1.92. The number of aliphatic hydroxyl groups is 1. The molecular weight excluding hydrogens is 290 g/mol. The highest BCUT2D eigenvalue weighted by molar-refractivity contribution is 5.76. The molecule has 0 radical (unpaired) electrons. The maximum atomic E-state index is 12.1. The Morgan fingerprint density at radius 1 is 1.26 bits per heavy atom. The lowest BCUT2D eigenvalue weighted by atomic mass is 10.1. The van der Waals surface area contributed by atoms with Crippen molar-refractivity contribution in [3.05, 3.63) is 47.3 Å². The quantitative estimate of drug-likeness (QED) is 0.852. The van der Waals surface area contributed by atoms with Crippen LogP contribution in [0.1, 0.15) is 30.3 Å². The van der Waals surface area contributed by atoms with Gasteiger partial charge in [0.15, 0.2) is 0 Å². The van der Waals surface area contributed by atoms with Gasteiger partial charge in [-0.25, -0.2) is 4.68 Å². The number of benzene rings is 1. The van der Waals surface area contributed by atoms with Gasteiger partial charge in [-0.1, -0.05) is 12.1 Å². The van der Waals surface area contributed by atoms with E-state index in [0.717, 1.165) is 22.6 Å². The molecule has 124 valence electrons. The average molecular weight is 315 g/mol. The van der Waals surface area contributed by atoms with Gasteiger partial charge in [0.2, 0.25) is 5.91 Å². The smallest absolute Gasteiger partial charge is 0.222 e. The summed E-state index contributed by atoms with van der Waals surface area (Å²) in [6, 6.07) is 10.2. The predicted molar refractivity (Wildman–Crippen MR) is 90.7 cm³/mol. The summed E-state index contributed by atoms with van der Waals surface area (Å²) in [6.07, 6.45) is 1.17. The van der Waals surface area contributed by atoms with Crippen molar-refractivity contribution < 1.29 is 9.90 Å². The van der Waals surface area contributed by atoms with Crippen molar-refractivity contribution in [3.63, 3.8) is 0 Å². The summed E-state index contributed by atoms with van der Waals surface area (Å²) in [5, 5.41) is 13.4. The van der Waals surface area contributed by atoms with Crippen LogP contribution in [0.15, 0.2) is 30.3 Å². The van der Waals surface area contributed by atoms with Crippen LogP contribution < -0.4 is 0 Å². The standard InChI is InChI=1S/C18H25N3O2/c1-4-20(11-12-22)18(23)10-7-16-5-8-17(9-6-16)21-15(3)13-14(2)19-21/h5-6,8-9,13,22H,4,7,10-12H2,1-3H3. The van der Waals surface area contributed by atoms with E-state index in [-0.39, 0.29) is 12.5 Å². The SMILES string of the molecule is CCN(CCO)C(=O)CCc1ccc(-n2nc(C)cc2C)cc1. The van der Waals surface area contributed by atoms with E-state index in [9.17, 15) is 4.79 Å². The minimum atomic E-state index is 0.0108. The third kappa shape index (κ3) is 4.42. The molecule has 1 aromatic carbocycles. The van der Waals surface area contributed by atoms with Gasteiger partial charge in [-0.3, -0.25) is 4.79 Å². The molecule has 5 heteroatoms. The van der Waals surface area contributed by atoms with Crippen molar-refractivity contribution in [2.45, 2.75) is 33.6 Å². The molecule has 5 nitrogen and oxygen atoms in total. The molecule has 1 N–H and O–H groups in total. The van der Waals surface area contributed by atoms with Gasteiger partial charge in [0.1, 0.15) is 0 Å². The van der Waals surface area contributed by atoms with Crippen LogP contribution in [0.4, 0.5) is 0 Å². The Morgan fingerprint density at radius 2 is 1.96 bits per heavy atom. The average Bonchev–Trinajstić information content (AvgIpc) is 2.89. The summed E-state index contributed by atoms with van der Waals surface area (Å²) in [6.45, 7) is 7.00.